The van der Waals surface area contributed by atoms with Crippen LogP contribution in [0, 0.1) is 5.41 Å². The van der Waals surface area contributed by atoms with Gasteiger partial charge >= 0.3 is 0 Å². The average Bonchev–Trinajstić information content (AvgIpc) is 2.63. The van der Waals surface area contributed by atoms with Crippen molar-refractivity contribution in [2.75, 3.05) is 31.1 Å². The highest BCUT2D eigenvalue weighted by Gasteiger charge is 2.41. The smallest absolute Gasteiger partial charge is 0.248 e. The van der Waals surface area contributed by atoms with Crippen LogP contribution in [0.15, 0.2) is 18.3 Å². The number of hydrogen-bond acceptors (Lipinski definition) is 4. The number of pyridine rings is 1. The number of likely N-dealkylation sites (tertiary alicyclic amines) is 1. The van der Waals surface area contributed by atoms with E-state index >= 15 is 0 Å². The topological polar surface area (TPSA) is 79.5 Å². The number of anilines is 1. The third kappa shape index (κ3) is 3.94. The number of rotatable bonds is 5. The molecular weight excluding hydrogens is 316 g/mol. The molecule has 6 nitrogen and oxygen atoms in total. The van der Waals surface area contributed by atoms with Gasteiger partial charge in [0.15, 0.2) is 0 Å². The number of carbonyl (C=O) groups excluding carboxylic acids is 2. The second-order valence-corrected chi connectivity index (χ2v) is 7.46. The van der Waals surface area contributed by atoms with Gasteiger partial charge in [0.05, 0.1) is 0 Å². The van der Waals surface area contributed by atoms with Gasteiger partial charge in [-0.15, -0.1) is 0 Å². The summed E-state index contributed by atoms with van der Waals surface area (Å²) in [4.78, 5) is 32.4. The lowest BCUT2D eigenvalue weighted by molar-refractivity contribution is -0.138. The molecule has 1 aromatic heterocycles. The highest BCUT2D eigenvalue weighted by atomic mass is 16.2. The van der Waals surface area contributed by atoms with E-state index in [2.05, 4.69) is 21.7 Å². The molecular formula is C19H28N4O2. The second kappa shape index (κ2) is 7.42. The molecule has 1 aromatic rings. The van der Waals surface area contributed by atoms with Gasteiger partial charge in [-0.3, -0.25) is 9.59 Å². The predicted octanol–water partition coefficient (Wildman–Crippen LogP) is 2.19. The molecule has 1 spiro atoms. The van der Waals surface area contributed by atoms with E-state index in [4.69, 9.17) is 5.73 Å². The summed E-state index contributed by atoms with van der Waals surface area (Å²) >= 11 is 0. The molecule has 2 aliphatic rings. The number of nitrogens with zero attached hydrogens (tertiary/aromatic N) is 3. The maximum absolute atomic E-state index is 12.2. The van der Waals surface area contributed by atoms with Gasteiger partial charge in [0, 0.05) is 49.8 Å². The molecule has 0 unspecified atom stereocenters. The average molecular weight is 344 g/mol. The van der Waals surface area contributed by atoms with E-state index in [1.54, 1.807) is 18.3 Å². The first-order chi connectivity index (χ1) is 12.0. The van der Waals surface area contributed by atoms with E-state index in [-0.39, 0.29) is 5.41 Å². The summed E-state index contributed by atoms with van der Waals surface area (Å²) in [5.41, 5.74) is 6.04. The summed E-state index contributed by atoms with van der Waals surface area (Å²) in [6, 6.07) is 3.43. The van der Waals surface area contributed by atoms with Crippen LogP contribution in [-0.4, -0.2) is 47.9 Å². The molecule has 25 heavy (non-hydrogen) atoms. The Morgan fingerprint density at radius 2 is 2.20 bits per heavy atom. The number of amides is 2. The van der Waals surface area contributed by atoms with Gasteiger partial charge in [-0.1, -0.05) is 13.3 Å². The van der Waals surface area contributed by atoms with Crippen molar-refractivity contribution in [1.29, 1.82) is 0 Å². The number of aromatic nitrogens is 1. The Morgan fingerprint density at radius 1 is 1.36 bits per heavy atom. The van der Waals surface area contributed by atoms with Gasteiger partial charge in [-0.05, 0) is 37.8 Å². The Morgan fingerprint density at radius 3 is 2.96 bits per heavy atom. The molecule has 0 saturated carbocycles. The van der Waals surface area contributed by atoms with Crippen LogP contribution in [0.1, 0.15) is 55.8 Å². The lowest BCUT2D eigenvalue weighted by Gasteiger charge is -2.48. The van der Waals surface area contributed by atoms with Crippen molar-refractivity contribution in [2.45, 2.75) is 45.4 Å². The highest BCUT2D eigenvalue weighted by molar-refractivity contribution is 5.93. The van der Waals surface area contributed by atoms with Crippen molar-refractivity contribution in [3.8, 4) is 0 Å². The normalized spacial score (nSPS) is 24.0. The van der Waals surface area contributed by atoms with Gasteiger partial charge in [0.2, 0.25) is 11.8 Å². The van der Waals surface area contributed by atoms with Crippen molar-refractivity contribution in [1.82, 2.24) is 9.88 Å². The monoisotopic (exact) mass is 344 g/mol. The van der Waals surface area contributed by atoms with Crippen LogP contribution in [-0.2, 0) is 4.79 Å². The van der Waals surface area contributed by atoms with Crippen molar-refractivity contribution >= 4 is 17.6 Å². The van der Waals surface area contributed by atoms with Crippen molar-refractivity contribution < 1.29 is 9.59 Å². The number of nitrogens with two attached hydrogens (primary N) is 1. The zero-order chi connectivity index (χ0) is 17.9. The zero-order valence-electron chi connectivity index (χ0n) is 15.0. The van der Waals surface area contributed by atoms with E-state index in [0.29, 0.717) is 17.9 Å². The Balaban J connectivity index is 1.75. The minimum atomic E-state index is -0.427. The van der Waals surface area contributed by atoms with Crippen LogP contribution in [0.4, 0.5) is 5.82 Å². The number of carbonyl (C=O) groups is 2. The van der Waals surface area contributed by atoms with Gasteiger partial charge in [-0.2, -0.15) is 0 Å². The largest absolute Gasteiger partial charge is 0.366 e. The summed E-state index contributed by atoms with van der Waals surface area (Å²) < 4.78 is 0. The van der Waals surface area contributed by atoms with Crippen molar-refractivity contribution in [3.63, 3.8) is 0 Å². The first kappa shape index (κ1) is 17.7. The molecule has 0 radical (unpaired) electrons. The number of unbranched alkanes of at least 4 members (excludes halogenated alkanes) is 1. The predicted molar refractivity (Wildman–Crippen MR) is 97.4 cm³/mol. The van der Waals surface area contributed by atoms with Crippen LogP contribution in [0.2, 0.25) is 0 Å². The fraction of sp³-hybridized carbons (Fsp3) is 0.632. The third-order valence-corrected chi connectivity index (χ3v) is 5.55. The summed E-state index contributed by atoms with van der Waals surface area (Å²) in [5, 5.41) is 0. The van der Waals surface area contributed by atoms with Crippen LogP contribution in [0.3, 0.4) is 0 Å². The maximum atomic E-state index is 12.2. The van der Waals surface area contributed by atoms with E-state index < -0.39 is 5.91 Å². The molecule has 0 aliphatic carbocycles. The first-order valence-corrected chi connectivity index (χ1v) is 9.32. The number of primary amides is 1. The molecule has 3 heterocycles. The Hall–Kier alpha value is -2.11. The lowest BCUT2D eigenvalue weighted by Crippen LogP contribution is -2.54. The van der Waals surface area contributed by atoms with Crippen LogP contribution in [0.5, 0.6) is 0 Å². The maximum Gasteiger partial charge on any atom is 0.248 e. The van der Waals surface area contributed by atoms with Crippen LogP contribution in [0.25, 0.3) is 0 Å². The molecule has 6 heteroatoms. The summed E-state index contributed by atoms with van der Waals surface area (Å²) in [7, 11) is 0. The van der Waals surface area contributed by atoms with Gasteiger partial charge < -0.3 is 15.5 Å². The molecule has 0 bridgehead atoms. The van der Waals surface area contributed by atoms with Gasteiger partial charge in [0.25, 0.3) is 0 Å². The molecule has 3 rings (SSSR count). The summed E-state index contributed by atoms with van der Waals surface area (Å²) in [6.45, 7) is 5.69. The van der Waals surface area contributed by atoms with Gasteiger partial charge in [0.1, 0.15) is 5.82 Å². The Kier molecular flexibility index (Phi) is 5.25. The quantitative estimate of drug-likeness (QED) is 0.888. The molecule has 2 saturated heterocycles. The summed E-state index contributed by atoms with van der Waals surface area (Å²) in [6.07, 6.45) is 7.63. The van der Waals surface area contributed by atoms with Crippen molar-refractivity contribution in [2.24, 2.45) is 11.1 Å². The minimum absolute atomic E-state index is 0.143. The Labute approximate surface area is 149 Å². The molecule has 2 N–H and O–H groups in total. The van der Waals surface area contributed by atoms with E-state index in [1.165, 1.54) is 0 Å². The van der Waals surface area contributed by atoms with E-state index in [1.807, 2.05) is 0 Å². The van der Waals surface area contributed by atoms with E-state index in [9.17, 15) is 9.59 Å². The molecule has 2 aliphatic heterocycles. The third-order valence-electron chi connectivity index (χ3n) is 5.55. The molecule has 136 valence electrons. The fourth-order valence-corrected chi connectivity index (χ4v) is 4.14. The SMILES string of the molecule is CCCCN1C[C@]2(CCCN(c3cc(C(N)=O)ccn3)C2)CCC1=O. The second-order valence-electron chi connectivity index (χ2n) is 7.46. The lowest BCUT2D eigenvalue weighted by atomic mass is 9.73. The first-order valence-electron chi connectivity index (χ1n) is 9.32. The van der Waals surface area contributed by atoms with Gasteiger partial charge in [-0.25, -0.2) is 4.98 Å². The highest BCUT2D eigenvalue weighted by Crippen LogP contribution is 2.40. The molecule has 1 atom stereocenters. The standard InChI is InChI=1S/C19H28N4O2/c1-2-3-10-23-14-19(8-5-17(23)24)7-4-11-22(13-19)16-12-15(18(20)25)6-9-21-16/h6,9,12H,2-5,7-8,10-11,13-14H2,1H3,(H2,20,25)/t19-/m1/s1. The minimum Gasteiger partial charge on any atom is -0.366 e. The Bertz CT molecular complexity index is 648. The molecule has 0 aromatic carbocycles. The van der Waals surface area contributed by atoms with Crippen LogP contribution >= 0.6 is 0 Å². The van der Waals surface area contributed by atoms with Crippen LogP contribution < -0.4 is 10.6 Å². The molecule has 2 amide bonds. The molecule has 2 fully saturated rings. The van der Waals surface area contributed by atoms with Crippen molar-refractivity contribution in [3.05, 3.63) is 23.9 Å². The summed E-state index contributed by atoms with van der Waals surface area (Å²) in [5.74, 6) is 0.682. The fourth-order valence-electron chi connectivity index (χ4n) is 4.14. The zero-order valence-corrected chi connectivity index (χ0v) is 15.0. The number of hydrogen-bond donors (Lipinski definition) is 1. The number of piperidine rings is 2. The van der Waals surface area contributed by atoms with E-state index in [0.717, 1.165) is 64.1 Å².